The molecule has 2 aliphatic rings. The summed E-state index contributed by atoms with van der Waals surface area (Å²) in [5.41, 5.74) is 0. The summed E-state index contributed by atoms with van der Waals surface area (Å²) in [5.74, 6) is 5.25. The van der Waals surface area contributed by atoms with E-state index in [0.717, 1.165) is 36.5 Å². The van der Waals surface area contributed by atoms with Gasteiger partial charge in [0.2, 0.25) is 0 Å². The molecule has 0 amide bonds. The first kappa shape index (κ1) is 14.1. The Labute approximate surface area is 113 Å². The van der Waals surface area contributed by atoms with Crippen molar-refractivity contribution in [3.63, 3.8) is 0 Å². The standard InChI is InChI=1S/C17H30O/c1-11-5-15(6-12(11)2)9-17(18)10-16-7-13(3)14(4)8-16/h11-16H,5-10H2,1-4H3. The Bertz CT molecular complexity index is 248. The van der Waals surface area contributed by atoms with Gasteiger partial charge in [0.1, 0.15) is 5.78 Å². The molecule has 18 heavy (non-hydrogen) atoms. The van der Waals surface area contributed by atoms with Crippen LogP contribution in [0.25, 0.3) is 0 Å². The van der Waals surface area contributed by atoms with Gasteiger partial charge in [-0.3, -0.25) is 4.79 Å². The first-order valence-corrected chi connectivity index (χ1v) is 7.97. The summed E-state index contributed by atoms with van der Waals surface area (Å²) < 4.78 is 0. The van der Waals surface area contributed by atoms with E-state index < -0.39 is 0 Å². The Balaban J connectivity index is 1.73. The van der Waals surface area contributed by atoms with E-state index in [9.17, 15) is 4.79 Å². The van der Waals surface area contributed by atoms with Crippen LogP contribution in [0.3, 0.4) is 0 Å². The smallest absolute Gasteiger partial charge is 0.133 e. The van der Waals surface area contributed by atoms with E-state index >= 15 is 0 Å². The van der Waals surface area contributed by atoms with Gasteiger partial charge in [-0.1, -0.05) is 27.7 Å². The van der Waals surface area contributed by atoms with E-state index in [2.05, 4.69) is 27.7 Å². The van der Waals surface area contributed by atoms with Gasteiger partial charge in [0, 0.05) is 12.8 Å². The van der Waals surface area contributed by atoms with E-state index in [1.165, 1.54) is 25.7 Å². The van der Waals surface area contributed by atoms with E-state index in [1.807, 2.05) is 0 Å². The molecule has 2 aliphatic carbocycles. The molecule has 2 saturated carbocycles. The average molecular weight is 250 g/mol. The zero-order valence-corrected chi connectivity index (χ0v) is 12.6. The molecule has 2 rings (SSSR count). The molecule has 0 aromatic carbocycles. The van der Waals surface area contributed by atoms with Gasteiger partial charge in [0.15, 0.2) is 0 Å². The van der Waals surface area contributed by atoms with Crippen molar-refractivity contribution in [1.82, 2.24) is 0 Å². The second-order valence-corrected chi connectivity index (χ2v) is 7.53. The fourth-order valence-electron chi connectivity index (χ4n) is 4.29. The van der Waals surface area contributed by atoms with Crippen molar-refractivity contribution < 1.29 is 4.79 Å². The van der Waals surface area contributed by atoms with Gasteiger partial charge >= 0.3 is 0 Å². The summed E-state index contributed by atoms with van der Waals surface area (Å²) >= 11 is 0. The minimum absolute atomic E-state index is 0.549. The van der Waals surface area contributed by atoms with E-state index in [-0.39, 0.29) is 0 Å². The lowest BCUT2D eigenvalue weighted by Gasteiger charge is -2.12. The third-order valence-corrected chi connectivity index (χ3v) is 5.80. The molecule has 1 nitrogen and oxygen atoms in total. The van der Waals surface area contributed by atoms with Crippen LogP contribution in [-0.4, -0.2) is 5.78 Å². The Hall–Kier alpha value is -0.330. The third kappa shape index (κ3) is 3.36. The summed E-state index contributed by atoms with van der Waals surface area (Å²) in [6.45, 7) is 9.37. The van der Waals surface area contributed by atoms with Crippen molar-refractivity contribution in [2.45, 2.75) is 66.2 Å². The van der Waals surface area contributed by atoms with Gasteiger partial charge in [-0.25, -0.2) is 0 Å². The van der Waals surface area contributed by atoms with Crippen molar-refractivity contribution >= 4 is 5.78 Å². The predicted molar refractivity (Wildman–Crippen MR) is 76.3 cm³/mol. The van der Waals surface area contributed by atoms with Crippen LogP contribution in [-0.2, 0) is 4.79 Å². The number of rotatable bonds is 4. The van der Waals surface area contributed by atoms with Crippen LogP contribution in [0.2, 0.25) is 0 Å². The highest BCUT2D eigenvalue weighted by molar-refractivity contribution is 5.79. The maximum Gasteiger partial charge on any atom is 0.133 e. The lowest BCUT2D eigenvalue weighted by atomic mass is 9.92. The van der Waals surface area contributed by atoms with Crippen molar-refractivity contribution in [3.8, 4) is 0 Å². The van der Waals surface area contributed by atoms with Crippen LogP contribution in [0, 0.1) is 35.5 Å². The first-order chi connectivity index (χ1) is 8.45. The van der Waals surface area contributed by atoms with Crippen molar-refractivity contribution in [2.24, 2.45) is 35.5 Å². The molecule has 0 bridgehead atoms. The minimum Gasteiger partial charge on any atom is -0.300 e. The molecule has 0 aromatic heterocycles. The van der Waals surface area contributed by atoms with Crippen LogP contribution < -0.4 is 0 Å². The fraction of sp³-hybridized carbons (Fsp3) is 0.941. The highest BCUT2D eigenvalue weighted by Crippen LogP contribution is 2.40. The molecule has 1 heteroatoms. The lowest BCUT2D eigenvalue weighted by molar-refractivity contribution is -0.120. The minimum atomic E-state index is 0.549. The normalized spacial score (nSPS) is 44.4. The number of carbonyl (C=O) groups is 1. The summed E-state index contributed by atoms with van der Waals surface area (Å²) in [4.78, 5) is 12.2. The maximum absolute atomic E-state index is 12.2. The highest BCUT2D eigenvalue weighted by Gasteiger charge is 2.32. The number of hydrogen-bond acceptors (Lipinski definition) is 1. The molecule has 0 spiro atoms. The van der Waals surface area contributed by atoms with Crippen LogP contribution in [0.1, 0.15) is 66.2 Å². The van der Waals surface area contributed by atoms with Gasteiger partial charge < -0.3 is 0 Å². The highest BCUT2D eigenvalue weighted by atomic mass is 16.1. The summed E-state index contributed by atoms with van der Waals surface area (Å²) in [7, 11) is 0. The molecule has 0 aliphatic heterocycles. The predicted octanol–water partition coefficient (Wildman–Crippen LogP) is 4.70. The van der Waals surface area contributed by atoms with Crippen LogP contribution >= 0.6 is 0 Å². The molecule has 0 radical (unpaired) electrons. The van der Waals surface area contributed by atoms with Crippen LogP contribution in [0.4, 0.5) is 0 Å². The molecular formula is C17H30O. The molecular weight excluding hydrogens is 220 g/mol. The Morgan fingerprint density at radius 1 is 0.722 bits per heavy atom. The topological polar surface area (TPSA) is 17.1 Å². The van der Waals surface area contributed by atoms with Gasteiger partial charge in [0.25, 0.3) is 0 Å². The zero-order chi connectivity index (χ0) is 13.3. The van der Waals surface area contributed by atoms with Crippen molar-refractivity contribution in [3.05, 3.63) is 0 Å². The Kier molecular flexibility index (Phi) is 4.50. The number of ketones is 1. The summed E-state index contributed by atoms with van der Waals surface area (Å²) in [6.07, 6.45) is 6.87. The van der Waals surface area contributed by atoms with Crippen LogP contribution in [0.15, 0.2) is 0 Å². The molecule has 0 N–H and O–H groups in total. The SMILES string of the molecule is CC1CC(CC(=O)CC2CC(C)C(C)C2)CC1C. The monoisotopic (exact) mass is 250 g/mol. The fourth-order valence-corrected chi connectivity index (χ4v) is 4.29. The summed E-state index contributed by atoms with van der Waals surface area (Å²) in [6, 6.07) is 0. The number of carbonyl (C=O) groups excluding carboxylic acids is 1. The molecule has 0 aromatic rings. The van der Waals surface area contributed by atoms with Crippen molar-refractivity contribution in [1.29, 1.82) is 0 Å². The Morgan fingerprint density at radius 3 is 1.28 bits per heavy atom. The van der Waals surface area contributed by atoms with Gasteiger partial charge in [-0.15, -0.1) is 0 Å². The van der Waals surface area contributed by atoms with Gasteiger partial charge in [0.05, 0.1) is 0 Å². The molecule has 104 valence electrons. The Morgan fingerprint density at radius 2 is 1.00 bits per heavy atom. The molecule has 4 atom stereocenters. The van der Waals surface area contributed by atoms with E-state index in [4.69, 9.17) is 0 Å². The van der Waals surface area contributed by atoms with E-state index in [1.54, 1.807) is 0 Å². The summed E-state index contributed by atoms with van der Waals surface area (Å²) in [5, 5.41) is 0. The molecule has 2 fully saturated rings. The number of hydrogen-bond donors (Lipinski definition) is 0. The molecule has 4 unspecified atom stereocenters. The van der Waals surface area contributed by atoms with Gasteiger partial charge in [-0.05, 0) is 61.2 Å². The quantitative estimate of drug-likeness (QED) is 0.707. The van der Waals surface area contributed by atoms with Gasteiger partial charge in [-0.2, -0.15) is 0 Å². The average Bonchev–Trinajstić information content (AvgIpc) is 2.72. The van der Waals surface area contributed by atoms with Crippen LogP contribution in [0.5, 0.6) is 0 Å². The molecule has 0 saturated heterocycles. The molecule has 0 heterocycles. The van der Waals surface area contributed by atoms with Crippen molar-refractivity contribution in [2.75, 3.05) is 0 Å². The lowest BCUT2D eigenvalue weighted by Crippen LogP contribution is -2.10. The second kappa shape index (κ2) is 5.75. The third-order valence-electron chi connectivity index (χ3n) is 5.80. The largest absolute Gasteiger partial charge is 0.300 e. The maximum atomic E-state index is 12.2. The second-order valence-electron chi connectivity index (χ2n) is 7.53. The number of Topliss-reactive ketones (excluding diaryl/α,β-unsaturated/α-hetero) is 1. The van der Waals surface area contributed by atoms with E-state index in [0.29, 0.717) is 17.6 Å². The first-order valence-electron chi connectivity index (χ1n) is 7.97. The zero-order valence-electron chi connectivity index (χ0n) is 12.6.